The summed E-state index contributed by atoms with van der Waals surface area (Å²) in [5.74, 6) is 2.23. The zero-order chi connectivity index (χ0) is 14.1. The van der Waals surface area contributed by atoms with Crippen molar-refractivity contribution < 1.29 is 4.79 Å². The van der Waals surface area contributed by atoms with Crippen molar-refractivity contribution in [3.05, 3.63) is 36.4 Å². The third-order valence-corrected chi connectivity index (χ3v) is 4.50. The third-order valence-electron chi connectivity index (χ3n) is 4.50. The lowest BCUT2D eigenvalue weighted by Gasteiger charge is -2.27. The van der Waals surface area contributed by atoms with Gasteiger partial charge < -0.3 is 16.4 Å². The van der Waals surface area contributed by atoms with Crippen LogP contribution in [0.15, 0.2) is 36.4 Å². The van der Waals surface area contributed by atoms with Crippen LogP contribution in [0.4, 0.5) is 16.2 Å². The molecular weight excluding hydrogens is 250 g/mol. The monoisotopic (exact) mass is 271 g/mol. The van der Waals surface area contributed by atoms with Crippen molar-refractivity contribution in [3.63, 3.8) is 0 Å². The number of carbonyl (C=O) groups excluding carboxylic acids is 1. The molecule has 106 valence electrons. The smallest absolute Gasteiger partial charge is 0.316 e. The second-order valence-corrected chi connectivity index (χ2v) is 5.95. The highest BCUT2D eigenvalue weighted by Gasteiger charge is 2.38. The van der Waals surface area contributed by atoms with E-state index in [4.69, 9.17) is 5.73 Å². The second-order valence-electron chi connectivity index (χ2n) is 5.95. The van der Waals surface area contributed by atoms with Gasteiger partial charge in [0.25, 0.3) is 0 Å². The average molecular weight is 271 g/mol. The fraction of sp³-hybridized carbons (Fsp3) is 0.438. The van der Waals surface area contributed by atoms with Gasteiger partial charge in [0.05, 0.1) is 0 Å². The van der Waals surface area contributed by atoms with Gasteiger partial charge in [0, 0.05) is 17.4 Å². The van der Waals surface area contributed by atoms with Crippen molar-refractivity contribution >= 4 is 17.4 Å². The van der Waals surface area contributed by atoms with Gasteiger partial charge in [-0.2, -0.15) is 0 Å². The third kappa shape index (κ3) is 2.64. The largest absolute Gasteiger partial charge is 0.382 e. The van der Waals surface area contributed by atoms with E-state index in [0.717, 1.165) is 23.2 Å². The summed E-state index contributed by atoms with van der Waals surface area (Å²) in [5.41, 5.74) is 6.89. The van der Waals surface area contributed by atoms with E-state index in [1.54, 1.807) is 0 Å². The van der Waals surface area contributed by atoms with Crippen molar-refractivity contribution in [2.75, 3.05) is 10.6 Å². The van der Waals surface area contributed by atoms with E-state index in [9.17, 15) is 4.79 Å². The molecule has 0 aromatic heterocycles. The fourth-order valence-electron chi connectivity index (χ4n) is 3.60. The molecule has 0 aliphatic heterocycles. The van der Waals surface area contributed by atoms with Crippen molar-refractivity contribution in [2.24, 2.45) is 23.5 Å². The number of allylic oxidation sites excluding steroid dienone is 2. The maximum absolute atomic E-state index is 10.9. The van der Waals surface area contributed by atoms with Crippen LogP contribution in [0.1, 0.15) is 19.8 Å². The number of urea groups is 1. The molecule has 2 aliphatic rings. The Kier molecular flexibility index (Phi) is 3.38. The maximum Gasteiger partial charge on any atom is 0.316 e. The highest BCUT2D eigenvalue weighted by molar-refractivity contribution is 5.88. The molecule has 0 saturated heterocycles. The second kappa shape index (κ2) is 5.19. The first-order valence-corrected chi connectivity index (χ1v) is 7.23. The molecule has 4 unspecified atom stereocenters. The molecule has 1 saturated carbocycles. The molecule has 3 rings (SSSR count). The lowest BCUT2D eigenvalue weighted by Crippen LogP contribution is -2.28. The minimum Gasteiger partial charge on any atom is -0.382 e. The maximum atomic E-state index is 10.9. The van der Waals surface area contributed by atoms with E-state index in [0.29, 0.717) is 12.0 Å². The van der Waals surface area contributed by atoms with Crippen LogP contribution in [0.5, 0.6) is 0 Å². The summed E-state index contributed by atoms with van der Waals surface area (Å²) in [6.45, 7) is 2.24. The molecule has 0 heterocycles. The first-order chi connectivity index (χ1) is 9.61. The summed E-state index contributed by atoms with van der Waals surface area (Å²) in [4.78, 5) is 10.9. The predicted octanol–water partition coefficient (Wildman–Crippen LogP) is 3.19. The number of nitrogens with two attached hydrogens (primary N) is 1. The average Bonchev–Trinajstić information content (AvgIpc) is 3.00. The Morgan fingerprint density at radius 2 is 2.10 bits per heavy atom. The number of anilines is 2. The SMILES string of the molecule is CC(Nc1cccc(NC(N)=O)c1)C1CC2C=CC1C2. The topological polar surface area (TPSA) is 67.2 Å². The number of amides is 2. The molecule has 4 atom stereocenters. The normalized spacial score (nSPS) is 28.4. The number of rotatable bonds is 4. The summed E-state index contributed by atoms with van der Waals surface area (Å²) in [6.07, 6.45) is 7.35. The fourth-order valence-corrected chi connectivity index (χ4v) is 3.60. The predicted molar refractivity (Wildman–Crippen MR) is 81.6 cm³/mol. The van der Waals surface area contributed by atoms with Gasteiger partial charge >= 0.3 is 6.03 Å². The molecule has 2 aliphatic carbocycles. The Morgan fingerprint density at radius 1 is 1.30 bits per heavy atom. The van der Waals surface area contributed by atoms with Gasteiger partial charge in [-0.25, -0.2) is 4.79 Å². The summed E-state index contributed by atoms with van der Waals surface area (Å²) >= 11 is 0. The van der Waals surface area contributed by atoms with E-state index in [-0.39, 0.29) is 0 Å². The van der Waals surface area contributed by atoms with Crippen LogP contribution in [0, 0.1) is 17.8 Å². The van der Waals surface area contributed by atoms with Crippen LogP contribution >= 0.6 is 0 Å². The molecule has 2 amide bonds. The van der Waals surface area contributed by atoms with Crippen LogP contribution in [-0.4, -0.2) is 12.1 Å². The molecule has 4 N–H and O–H groups in total. The number of nitrogens with one attached hydrogen (secondary N) is 2. The number of benzene rings is 1. The Labute approximate surface area is 119 Å². The van der Waals surface area contributed by atoms with Crippen molar-refractivity contribution in [3.8, 4) is 0 Å². The van der Waals surface area contributed by atoms with Crippen LogP contribution in [0.25, 0.3) is 0 Å². The summed E-state index contributed by atoms with van der Waals surface area (Å²) in [5, 5.41) is 6.16. The van der Waals surface area contributed by atoms with Gasteiger partial charge in [-0.3, -0.25) is 0 Å². The number of fused-ring (bicyclic) bond motifs is 2. The molecule has 1 aromatic carbocycles. The minimum absolute atomic E-state index is 0.429. The van der Waals surface area contributed by atoms with Gasteiger partial charge in [-0.05, 0) is 55.7 Å². The highest BCUT2D eigenvalue weighted by atomic mass is 16.2. The first-order valence-electron chi connectivity index (χ1n) is 7.23. The standard InChI is InChI=1S/C16H21N3O/c1-10(15-8-11-5-6-12(15)7-11)18-13-3-2-4-14(9-13)19-16(17)20/h2-6,9-12,15,18H,7-8H2,1H3,(H3,17,19,20). The van der Waals surface area contributed by atoms with Crippen LogP contribution in [-0.2, 0) is 0 Å². The summed E-state index contributed by atoms with van der Waals surface area (Å²) < 4.78 is 0. The Hall–Kier alpha value is -1.97. The molecule has 0 spiro atoms. The minimum atomic E-state index is -0.534. The quantitative estimate of drug-likeness (QED) is 0.736. The van der Waals surface area contributed by atoms with E-state index >= 15 is 0 Å². The van der Waals surface area contributed by atoms with E-state index in [1.807, 2.05) is 24.3 Å². The molecular formula is C16H21N3O. The van der Waals surface area contributed by atoms with Gasteiger partial charge in [-0.1, -0.05) is 18.2 Å². The van der Waals surface area contributed by atoms with E-state index < -0.39 is 6.03 Å². The molecule has 20 heavy (non-hydrogen) atoms. The molecule has 0 radical (unpaired) electrons. The van der Waals surface area contributed by atoms with Crippen molar-refractivity contribution in [2.45, 2.75) is 25.8 Å². The van der Waals surface area contributed by atoms with Gasteiger partial charge in [0.1, 0.15) is 0 Å². The van der Waals surface area contributed by atoms with Gasteiger partial charge in [0.2, 0.25) is 0 Å². The Balaban J connectivity index is 1.65. The van der Waals surface area contributed by atoms with Crippen LogP contribution in [0.3, 0.4) is 0 Å². The van der Waals surface area contributed by atoms with Gasteiger partial charge in [-0.15, -0.1) is 0 Å². The number of carbonyl (C=O) groups is 1. The molecule has 4 nitrogen and oxygen atoms in total. The number of hydrogen-bond acceptors (Lipinski definition) is 2. The lowest BCUT2D eigenvalue weighted by atomic mass is 9.87. The number of hydrogen-bond donors (Lipinski definition) is 3. The highest BCUT2D eigenvalue weighted by Crippen LogP contribution is 2.45. The molecule has 1 aromatic rings. The molecule has 4 heteroatoms. The zero-order valence-corrected chi connectivity index (χ0v) is 11.7. The van der Waals surface area contributed by atoms with Gasteiger partial charge in [0.15, 0.2) is 0 Å². The van der Waals surface area contributed by atoms with Crippen molar-refractivity contribution in [1.82, 2.24) is 0 Å². The summed E-state index contributed by atoms with van der Waals surface area (Å²) in [7, 11) is 0. The molecule has 1 fully saturated rings. The van der Waals surface area contributed by atoms with Crippen LogP contribution < -0.4 is 16.4 Å². The molecule has 2 bridgehead atoms. The van der Waals surface area contributed by atoms with E-state index in [2.05, 4.69) is 29.7 Å². The summed E-state index contributed by atoms with van der Waals surface area (Å²) in [6, 6.07) is 7.59. The van der Waals surface area contributed by atoms with Crippen LogP contribution in [0.2, 0.25) is 0 Å². The Bertz CT molecular complexity index is 540. The lowest BCUT2D eigenvalue weighted by molar-refractivity contribution is 0.259. The first kappa shape index (κ1) is 13.0. The number of primary amides is 1. The Morgan fingerprint density at radius 3 is 2.75 bits per heavy atom. The zero-order valence-electron chi connectivity index (χ0n) is 11.7. The van der Waals surface area contributed by atoms with Crippen molar-refractivity contribution in [1.29, 1.82) is 0 Å². The van der Waals surface area contributed by atoms with E-state index in [1.165, 1.54) is 12.8 Å².